The first-order chi connectivity index (χ1) is 6.24. The predicted octanol–water partition coefficient (Wildman–Crippen LogP) is -1.29. The van der Waals surface area contributed by atoms with E-state index in [0.29, 0.717) is 0 Å². The number of aromatic amines is 1. The van der Waals surface area contributed by atoms with Crippen molar-refractivity contribution in [1.82, 2.24) is 9.97 Å². The van der Waals surface area contributed by atoms with Gasteiger partial charge in [-0.05, 0) is 0 Å². The van der Waals surface area contributed by atoms with Crippen molar-refractivity contribution in [2.45, 2.75) is 0 Å². The quantitative estimate of drug-likeness (QED) is 0.537. The first-order valence-corrected chi connectivity index (χ1v) is 3.72. The molecule has 0 saturated carbocycles. The Hall–Kier alpha value is -1.69. The molecule has 6 heteroatoms. The van der Waals surface area contributed by atoms with Gasteiger partial charge < -0.3 is 16.0 Å². The Morgan fingerprint density at radius 2 is 2.46 bits per heavy atom. The number of nitrogens with zero attached hydrogens (tertiary/aromatic N) is 1. The van der Waals surface area contributed by atoms with Crippen molar-refractivity contribution in [3.05, 3.63) is 22.9 Å². The standard InChI is InChI=1S/C7H10N4O2/c8-1-5(12)2-10-6-3-9-4-11-7(6)13/h3-4,10H,1-2,8H2,(H,9,11,13). The Morgan fingerprint density at radius 3 is 3.08 bits per heavy atom. The predicted molar refractivity (Wildman–Crippen MR) is 47.4 cm³/mol. The van der Waals surface area contributed by atoms with E-state index in [-0.39, 0.29) is 30.1 Å². The smallest absolute Gasteiger partial charge is 0.274 e. The van der Waals surface area contributed by atoms with Crippen molar-refractivity contribution in [3.8, 4) is 0 Å². The summed E-state index contributed by atoms with van der Waals surface area (Å²) in [6.45, 7) is 0.0104. The molecule has 1 aromatic heterocycles. The second-order valence-electron chi connectivity index (χ2n) is 2.39. The van der Waals surface area contributed by atoms with Crippen LogP contribution in [0.1, 0.15) is 0 Å². The highest BCUT2D eigenvalue weighted by molar-refractivity contribution is 5.84. The Morgan fingerprint density at radius 1 is 1.69 bits per heavy atom. The van der Waals surface area contributed by atoms with Crippen molar-refractivity contribution in [2.24, 2.45) is 5.73 Å². The van der Waals surface area contributed by atoms with E-state index < -0.39 is 0 Å². The third-order valence-corrected chi connectivity index (χ3v) is 1.42. The third kappa shape index (κ3) is 2.68. The molecule has 0 amide bonds. The monoisotopic (exact) mass is 182 g/mol. The van der Waals surface area contributed by atoms with E-state index in [9.17, 15) is 9.59 Å². The molecule has 0 aliphatic carbocycles. The summed E-state index contributed by atoms with van der Waals surface area (Å²) in [6, 6.07) is 0. The number of hydrogen-bond acceptors (Lipinski definition) is 5. The molecule has 0 radical (unpaired) electrons. The molecule has 6 nitrogen and oxygen atoms in total. The summed E-state index contributed by atoms with van der Waals surface area (Å²) >= 11 is 0. The molecule has 0 bridgehead atoms. The van der Waals surface area contributed by atoms with Crippen molar-refractivity contribution in [1.29, 1.82) is 0 Å². The highest BCUT2D eigenvalue weighted by Gasteiger charge is 2.00. The van der Waals surface area contributed by atoms with E-state index in [1.54, 1.807) is 0 Å². The Labute approximate surface area is 74.2 Å². The van der Waals surface area contributed by atoms with Crippen LogP contribution in [0.15, 0.2) is 17.3 Å². The van der Waals surface area contributed by atoms with Gasteiger partial charge in [0, 0.05) is 0 Å². The van der Waals surface area contributed by atoms with Crippen LogP contribution in [0, 0.1) is 0 Å². The summed E-state index contributed by atoms with van der Waals surface area (Å²) in [4.78, 5) is 27.9. The molecule has 1 rings (SSSR count). The summed E-state index contributed by atoms with van der Waals surface area (Å²) in [7, 11) is 0. The minimum absolute atomic E-state index is 0.0365. The van der Waals surface area contributed by atoms with E-state index in [0.717, 1.165) is 0 Å². The summed E-state index contributed by atoms with van der Waals surface area (Å²) in [5.41, 5.74) is 5.05. The van der Waals surface area contributed by atoms with E-state index >= 15 is 0 Å². The van der Waals surface area contributed by atoms with Crippen LogP contribution in [0.3, 0.4) is 0 Å². The number of nitrogens with two attached hydrogens (primary N) is 1. The van der Waals surface area contributed by atoms with Crippen LogP contribution in [-0.2, 0) is 4.79 Å². The van der Waals surface area contributed by atoms with E-state index in [4.69, 9.17) is 5.73 Å². The number of aromatic nitrogens is 2. The summed E-state index contributed by atoms with van der Waals surface area (Å²) < 4.78 is 0. The van der Waals surface area contributed by atoms with E-state index in [1.165, 1.54) is 12.5 Å². The average Bonchev–Trinajstić information content (AvgIpc) is 2.16. The minimum Gasteiger partial charge on any atom is -0.372 e. The lowest BCUT2D eigenvalue weighted by atomic mass is 10.4. The maximum Gasteiger partial charge on any atom is 0.274 e. The van der Waals surface area contributed by atoms with Gasteiger partial charge in [-0.2, -0.15) is 0 Å². The minimum atomic E-state index is -0.306. The second kappa shape index (κ2) is 4.36. The zero-order valence-corrected chi connectivity index (χ0v) is 6.91. The number of nitrogens with one attached hydrogen (secondary N) is 2. The molecule has 70 valence electrons. The van der Waals surface area contributed by atoms with Gasteiger partial charge in [0.15, 0.2) is 5.78 Å². The normalized spacial score (nSPS) is 9.62. The first kappa shape index (κ1) is 9.40. The van der Waals surface area contributed by atoms with E-state index in [1.807, 2.05) is 0 Å². The van der Waals surface area contributed by atoms with Crippen LogP contribution in [0.4, 0.5) is 5.69 Å². The maximum absolute atomic E-state index is 11.0. The lowest BCUT2D eigenvalue weighted by Gasteiger charge is -2.01. The zero-order chi connectivity index (χ0) is 9.68. The number of anilines is 1. The summed E-state index contributed by atoms with van der Waals surface area (Å²) in [5.74, 6) is -0.164. The van der Waals surface area contributed by atoms with Gasteiger partial charge in [-0.3, -0.25) is 9.59 Å². The molecule has 0 unspecified atom stereocenters. The number of hydrogen-bond donors (Lipinski definition) is 3. The van der Waals surface area contributed by atoms with Crippen LogP contribution >= 0.6 is 0 Å². The fourth-order valence-corrected chi connectivity index (χ4v) is 0.736. The Bertz CT molecular complexity index is 346. The summed E-state index contributed by atoms with van der Waals surface area (Å²) in [6.07, 6.45) is 2.63. The van der Waals surface area contributed by atoms with Gasteiger partial charge in [0.2, 0.25) is 0 Å². The molecular formula is C7H10N4O2. The molecule has 4 N–H and O–H groups in total. The first-order valence-electron chi connectivity index (χ1n) is 3.72. The Balaban J connectivity index is 2.60. The fraction of sp³-hybridized carbons (Fsp3) is 0.286. The highest BCUT2D eigenvalue weighted by Crippen LogP contribution is 1.91. The number of ketones is 1. The van der Waals surface area contributed by atoms with Gasteiger partial charge in [0.1, 0.15) is 5.69 Å². The fourth-order valence-electron chi connectivity index (χ4n) is 0.736. The lowest BCUT2D eigenvalue weighted by molar-refractivity contribution is -0.116. The molecule has 0 fully saturated rings. The molecular weight excluding hydrogens is 172 g/mol. The molecule has 0 aliphatic heterocycles. The molecule has 0 spiro atoms. The molecule has 1 heterocycles. The summed E-state index contributed by atoms with van der Waals surface area (Å²) in [5, 5.41) is 2.63. The van der Waals surface area contributed by atoms with Crippen LogP contribution in [0.2, 0.25) is 0 Å². The van der Waals surface area contributed by atoms with Crippen LogP contribution in [0.25, 0.3) is 0 Å². The van der Waals surface area contributed by atoms with Crippen LogP contribution in [-0.4, -0.2) is 28.8 Å². The molecule has 0 saturated heterocycles. The van der Waals surface area contributed by atoms with Gasteiger partial charge in [-0.25, -0.2) is 4.98 Å². The van der Waals surface area contributed by atoms with Gasteiger partial charge in [-0.15, -0.1) is 0 Å². The van der Waals surface area contributed by atoms with Crippen LogP contribution < -0.4 is 16.6 Å². The topological polar surface area (TPSA) is 101 Å². The average molecular weight is 182 g/mol. The molecule has 13 heavy (non-hydrogen) atoms. The number of carbonyl (C=O) groups excluding carboxylic acids is 1. The SMILES string of the molecule is NCC(=O)CNc1cnc[nH]c1=O. The third-order valence-electron chi connectivity index (χ3n) is 1.42. The Kier molecular flexibility index (Phi) is 3.15. The number of carbonyl (C=O) groups is 1. The van der Waals surface area contributed by atoms with E-state index in [2.05, 4.69) is 15.3 Å². The zero-order valence-electron chi connectivity index (χ0n) is 6.91. The highest BCUT2D eigenvalue weighted by atomic mass is 16.1. The van der Waals surface area contributed by atoms with Crippen molar-refractivity contribution >= 4 is 11.5 Å². The lowest BCUT2D eigenvalue weighted by Crippen LogP contribution is -2.25. The van der Waals surface area contributed by atoms with Crippen molar-refractivity contribution in [3.63, 3.8) is 0 Å². The van der Waals surface area contributed by atoms with Crippen molar-refractivity contribution in [2.75, 3.05) is 18.4 Å². The maximum atomic E-state index is 11.0. The second-order valence-corrected chi connectivity index (χ2v) is 2.39. The molecule has 0 aliphatic rings. The largest absolute Gasteiger partial charge is 0.372 e. The number of H-pyrrole nitrogens is 1. The van der Waals surface area contributed by atoms with Gasteiger partial charge in [-0.1, -0.05) is 0 Å². The van der Waals surface area contributed by atoms with Gasteiger partial charge >= 0.3 is 0 Å². The number of rotatable bonds is 4. The molecule has 0 atom stereocenters. The molecule has 1 aromatic rings. The van der Waals surface area contributed by atoms with Gasteiger partial charge in [0.25, 0.3) is 5.56 Å². The van der Waals surface area contributed by atoms with Crippen LogP contribution in [0.5, 0.6) is 0 Å². The van der Waals surface area contributed by atoms with Gasteiger partial charge in [0.05, 0.1) is 25.6 Å². The van der Waals surface area contributed by atoms with Crippen molar-refractivity contribution < 1.29 is 4.79 Å². The number of Topliss-reactive ketones (excluding diaryl/α,β-unsaturated/α-hetero) is 1. The molecule has 0 aromatic carbocycles.